The summed E-state index contributed by atoms with van der Waals surface area (Å²) in [6, 6.07) is 22.2. The number of carbonyl (C=O) groups is 2. The van der Waals surface area contributed by atoms with Crippen LogP contribution in [0.4, 0.5) is 18.9 Å². The first-order valence-corrected chi connectivity index (χ1v) is 14.3. The first-order chi connectivity index (χ1) is 21.7. The predicted molar refractivity (Wildman–Crippen MR) is 163 cm³/mol. The molecular formula is C34H29F3N4O4. The van der Waals surface area contributed by atoms with Gasteiger partial charge in [-0.2, -0.15) is 13.2 Å². The molecule has 3 heterocycles. The number of hydrogen-bond donors (Lipinski definition) is 1. The topological polar surface area (TPSA) is 85.2 Å². The number of carbonyl (C=O) groups excluding carboxylic acids is 2. The summed E-state index contributed by atoms with van der Waals surface area (Å²) >= 11 is 0. The van der Waals surface area contributed by atoms with Crippen LogP contribution in [-0.2, 0) is 15.7 Å². The summed E-state index contributed by atoms with van der Waals surface area (Å²) in [5.41, 5.74) is 4.32. The second-order valence-electron chi connectivity index (χ2n) is 10.7. The molecule has 1 aliphatic rings. The molecule has 5 aromatic rings. The lowest BCUT2D eigenvalue weighted by molar-refractivity contribution is -0.138. The van der Waals surface area contributed by atoms with E-state index in [2.05, 4.69) is 10.3 Å². The van der Waals surface area contributed by atoms with Gasteiger partial charge in [-0.05, 0) is 84.3 Å². The monoisotopic (exact) mass is 614 g/mol. The number of ether oxygens (including phenoxy) is 2. The van der Waals surface area contributed by atoms with Gasteiger partial charge in [0.25, 0.3) is 11.8 Å². The zero-order valence-electron chi connectivity index (χ0n) is 24.3. The SMILES string of the molecule is Cc1ccc(NC(=O)COc2ccc(-c3cnc4ccc(-c5ccc(C(=O)N6CCOCC6)cc5)cn34)cc2)cc1C(F)(F)F. The van der Waals surface area contributed by atoms with E-state index in [0.717, 1.165) is 34.1 Å². The minimum atomic E-state index is -4.51. The number of fused-ring (bicyclic) bond motifs is 1. The summed E-state index contributed by atoms with van der Waals surface area (Å²) < 4.78 is 52.5. The van der Waals surface area contributed by atoms with Gasteiger partial charge in [-0.15, -0.1) is 0 Å². The maximum atomic E-state index is 13.2. The van der Waals surface area contributed by atoms with E-state index < -0.39 is 17.6 Å². The van der Waals surface area contributed by atoms with Crippen molar-refractivity contribution < 1.29 is 32.2 Å². The van der Waals surface area contributed by atoms with Crippen molar-refractivity contribution in [3.8, 4) is 28.1 Å². The van der Waals surface area contributed by atoms with Crippen molar-refractivity contribution >= 4 is 23.1 Å². The lowest BCUT2D eigenvalue weighted by atomic mass is 10.0. The lowest BCUT2D eigenvalue weighted by Crippen LogP contribution is -2.40. The Morgan fingerprint density at radius 3 is 2.31 bits per heavy atom. The first kappa shape index (κ1) is 29.9. The van der Waals surface area contributed by atoms with Gasteiger partial charge in [0, 0.05) is 36.1 Å². The largest absolute Gasteiger partial charge is 0.484 e. The standard InChI is InChI=1S/C34H29F3N4O4/c1-22-2-10-27(18-29(22)34(35,36)37)39-32(42)21-45-28-11-7-24(8-12-28)30-19-38-31-13-9-26(20-41(30)31)23-3-5-25(6-4-23)33(43)40-14-16-44-17-15-40/h2-13,18-20H,14-17,21H2,1H3,(H,39,42). The minimum absolute atomic E-state index is 0.00366. The van der Waals surface area contributed by atoms with Crippen molar-refractivity contribution in [3.05, 3.63) is 108 Å². The summed E-state index contributed by atoms with van der Waals surface area (Å²) in [6.07, 6.45) is -0.758. The number of alkyl halides is 3. The Balaban J connectivity index is 1.11. The third kappa shape index (κ3) is 6.68. The van der Waals surface area contributed by atoms with Gasteiger partial charge in [0.2, 0.25) is 0 Å². The Labute approximate surface area is 257 Å². The van der Waals surface area contributed by atoms with Crippen LogP contribution in [0.5, 0.6) is 5.75 Å². The number of imidazole rings is 1. The molecule has 1 fully saturated rings. The molecule has 0 radical (unpaired) electrons. The highest BCUT2D eigenvalue weighted by atomic mass is 19.4. The fourth-order valence-corrected chi connectivity index (χ4v) is 5.19. The van der Waals surface area contributed by atoms with Crippen LogP contribution in [0.15, 0.2) is 91.3 Å². The van der Waals surface area contributed by atoms with Crippen molar-refractivity contribution in [2.45, 2.75) is 13.1 Å². The van der Waals surface area contributed by atoms with E-state index in [0.29, 0.717) is 37.6 Å². The number of rotatable bonds is 7. The molecule has 1 saturated heterocycles. The maximum Gasteiger partial charge on any atom is 0.416 e. The second-order valence-corrected chi connectivity index (χ2v) is 10.7. The van der Waals surface area contributed by atoms with Crippen LogP contribution in [0.3, 0.4) is 0 Å². The molecule has 0 saturated carbocycles. The number of anilines is 1. The molecule has 11 heteroatoms. The number of aryl methyl sites for hydroxylation is 1. The highest BCUT2D eigenvalue weighted by Crippen LogP contribution is 2.33. The Bertz CT molecular complexity index is 1840. The molecule has 0 bridgehead atoms. The Hall–Kier alpha value is -5.16. The van der Waals surface area contributed by atoms with Crippen LogP contribution < -0.4 is 10.1 Å². The number of benzene rings is 3. The van der Waals surface area contributed by atoms with Crippen LogP contribution >= 0.6 is 0 Å². The molecule has 3 aromatic carbocycles. The van der Waals surface area contributed by atoms with E-state index in [1.54, 1.807) is 23.2 Å². The molecule has 6 rings (SSSR count). The van der Waals surface area contributed by atoms with E-state index in [-0.39, 0.29) is 23.8 Å². The molecule has 2 amide bonds. The molecular weight excluding hydrogens is 585 g/mol. The fourth-order valence-electron chi connectivity index (χ4n) is 5.19. The van der Waals surface area contributed by atoms with Crippen molar-refractivity contribution in [2.24, 2.45) is 0 Å². The number of nitrogens with one attached hydrogen (secondary N) is 1. The lowest BCUT2D eigenvalue weighted by Gasteiger charge is -2.26. The molecule has 0 unspecified atom stereocenters. The smallest absolute Gasteiger partial charge is 0.416 e. The first-order valence-electron chi connectivity index (χ1n) is 14.3. The number of hydrogen-bond acceptors (Lipinski definition) is 5. The second kappa shape index (κ2) is 12.4. The zero-order chi connectivity index (χ0) is 31.6. The number of aromatic nitrogens is 2. The van der Waals surface area contributed by atoms with Gasteiger partial charge in [0.15, 0.2) is 6.61 Å². The Morgan fingerprint density at radius 1 is 0.911 bits per heavy atom. The third-order valence-corrected chi connectivity index (χ3v) is 7.62. The average molecular weight is 615 g/mol. The molecule has 2 aromatic heterocycles. The molecule has 8 nitrogen and oxygen atoms in total. The molecule has 45 heavy (non-hydrogen) atoms. The normalized spacial score (nSPS) is 13.6. The van der Waals surface area contributed by atoms with Gasteiger partial charge in [-0.3, -0.25) is 14.0 Å². The van der Waals surface area contributed by atoms with Crippen LogP contribution in [-0.4, -0.2) is 59.0 Å². The van der Waals surface area contributed by atoms with Crippen LogP contribution in [0.2, 0.25) is 0 Å². The summed E-state index contributed by atoms with van der Waals surface area (Å²) in [6.45, 7) is 3.28. The summed E-state index contributed by atoms with van der Waals surface area (Å²) in [5.74, 6) is -0.157. The maximum absolute atomic E-state index is 13.2. The van der Waals surface area contributed by atoms with Gasteiger partial charge in [-0.25, -0.2) is 4.98 Å². The van der Waals surface area contributed by atoms with E-state index in [1.165, 1.54) is 19.1 Å². The van der Waals surface area contributed by atoms with Crippen LogP contribution in [0, 0.1) is 6.92 Å². The van der Waals surface area contributed by atoms with Gasteiger partial charge in [0.05, 0.1) is 30.7 Å². The number of morpholine rings is 1. The van der Waals surface area contributed by atoms with Gasteiger partial charge in [-0.1, -0.05) is 18.2 Å². The van der Waals surface area contributed by atoms with Crippen LogP contribution in [0.25, 0.3) is 28.0 Å². The highest BCUT2D eigenvalue weighted by molar-refractivity contribution is 5.95. The predicted octanol–water partition coefficient (Wildman–Crippen LogP) is 6.49. The molecule has 0 atom stereocenters. The van der Waals surface area contributed by atoms with Crippen molar-refractivity contribution in [3.63, 3.8) is 0 Å². The van der Waals surface area contributed by atoms with Crippen molar-refractivity contribution in [1.29, 1.82) is 0 Å². The Kier molecular flexibility index (Phi) is 8.27. The summed E-state index contributed by atoms with van der Waals surface area (Å²) in [5, 5.41) is 2.45. The van der Waals surface area contributed by atoms with Crippen molar-refractivity contribution in [1.82, 2.24) is 14.3 Å². The van der Waals surface area contributed by atoms with Gasteiger partial charge in [0.1, 0.15) is 11.4 Å². The molecule has 230 valence electrons. The van der Waals surface area contributed by atoms with Gasteiger partial charge < -0.3 is 19.7 Å². The fraction of sp³-hybridized carbons (Fsp3) is 0.206. The third-order valence-electron chi connectivity index (χ3n) is 7.62. The van der Waals surface area contributed by atoms with E-state index in [4.69, 9.17) is 9.47 Å². The average Bonchev–Trinajstić information content (AvgIpc) is 3.48. The Morgan fingerprint density at radius 2 is 1.60 bits per heavy atom. The zero-order valence-corrected chi connectivity index (χ0v) is 24.3. The number of nitrogens with zero attached hydrogens (tertiary/aromatic N) is 3. The summed E-state index contributed by atoms with van der Waals surface area (Å²) in [4.78, 5) is 31.5. The molecule has 1 aliphatic heterocycles. The molecule has 1 N–H and O–H groups in total. The van der Waals surface area contributed by atoms with E-state index in [1.807, 2.05) is 59.1 Å². The number of pyridine rings is 1. The number of halogens is 3. The van der Waals surface area contributed by atoms with E-state index in [9.17, 15) is 22.8 Å². The van der Waals surface area contributed by atoms with Crippen LogP contribution in [0.1, 0.15) is 21.5 Å². The molecule has 0 aliphatic carbocycles. The van der Waals surface area contributed by atoms with Crippen molar-refractivity contribution in [2.75, 3.05) is 38.2 Å². The molecule has 0 spiro atoms. The summed E-state index contributed by atoms with van der Waals surface area (Å²) in [7, 11) is 0. The quantitative estimate of drug-likeness (QED) is 0.227. The number of amides is 2. The van der Waals surface area contributed by atoms with E-state index >= 15 is 0 Å². The minimum Gasteiger partial charge on any atom is -0.484 e. The van der Waals surface area contributed by atoms with Gasteiger partial charge >= 0.3 is 6.18 Å². The highest BCUT2D eigenvalue weighted by Gasteiger charge is 2.32.